The molecule has 0 bridgehead atoms. The van der Waals surface area contributed by atoms with Crippen molar-refractivity contribution in [2.24, 2.45) is 5.92 Å². The van der Waals surface area contributed by atoms with Crippen LogP contribution >= 0.6 is 0 Å². The quantitative estimate of drug-likeness (QED) is 0.905. The van der Waals surface area contributed by atoms with Crippen LogP contribution < -0.4 is 10.9 Å². The van der Waals surface area contributed by atoms with Gasteiger partial charge in [0.05, 0.1) is 6.07 Å². The molecule has 0 radical (unpaired) electrons. The van der Waals surface area contributed by atoms with Crippen molar-refractivity contribution in [3.8, 4) is 6.07 Å². The summed E-state index contributed by atoms with van der Waals surface area (Å²) in [5.41, 5.74) is -0.691. The standard InChI is InChI=1S/C17H23N3O3/c1-17(2,3)23-16(22)19-14-8-5-9-20(15(14)21)13-7-4-6-12(10-13)11-18/h5,8-9,12-13H,4,6-7,10H2,1-3H3,(H,19,22)/t12-,13?/m1/s1. The van der Waals surface area contributed by atoms with Crippen molar-refractivity contribution in [2.45, 2.75) is 58.1 Å². The second kappa shape index (κ2) is 6.86. The van der Waals surface area contributed by atoms with Crippen molar-refractivity contribution in [3.05, 3.63) is 28.7 Å². The van der Waals surface area contributed by atoms with Gasteiger partial charge in [-0.3, -0.25) is 10.1 Å². The lowest BCUT2D eigenvalue weighted by atomic mass is 9.86. The van der Waals surface area contributed by atoms with Crippen LogP contribution in [-0.2, 0) is 4.74 Å². The molecular weight excluding hydrogens is 294 g/mol. The lowest BCUT2D eigenvalue weighted by Gasteiger charge is -2.27. The Morgan fingerprint density at radius 2 is 2.17 bits per heavy atom. The molecule has 23 heavy (non-hydrogen) atoms. The van der Waals surface area contributed by atoms with Gasteiger partial charge in [0.15, 0.2) is 0 Å². The first-order chi connectivity index (χ1) is 10.8. The maximum atomic E-state index is 12.6. The Balaban J connectivity index is 2.17. The fourth-order valence-corrected chi connectivity index (χ4v) is 2.84. The Hall–Kier alpha value is -2.29. The normalized spacial score (nSPS) is 21.3. The first kappa shape index (κ1) is 17.1. The van der Waals surface area contributed by atoms with E-state index in [4.69, 9.17) is 10.00 Å². The SMILES string of the molecule is CC(C)(C)OC(=O)Nc1cccn(C2CCC[C@@H](C#N)C2)c1=O. The number of carbonyl (C=O) groups excluding carboxylic acids is 1. The van der Waals surface area contributed by atoms with Gasteiger partial charge in [-0.1, -0.05) is 6.42 Å². The number of nitriles is 1. The fourth-order valence-electron chi connectivity index (χ4n) is 2.84. The van der Waals surface area contributed by atoms with E-state index in [9.17, 15) is 9.59 Å². The van der Waals surface area contributed by atoms with Gasteiger partial charge in [0.2, 0.25) is 0 Å². The molecule has 2 rings (SSSR count). The topological polar surface area (TPSA) is 84.1 Å². The number of pyridine rings is 1. The van der Waals surface area contributed by atoms with Crippen LogP contribution in [0.15, 0.2) is 23.1 Å². The molecule has 6 heteroatoms. The van der Waals surface area contributed by atoms with Gasteiger partial charge >= 0.3 is 6.09 Å². The Labute approximate surface area is 136 Å². The first-order valence-corrected chi connectivity index (χ1v) is 7.91. The van der Waals surface area contributed by atoms with Crippen LogP contribution in [0.5, 0.6) is 0 Å². The summed E-state index contributed by atoms with van der Waals surface area (Å²) in [5, 5.41) is 11.6. The summed E-state index contributed by atoms with van der Waals surface area (Å²) < 4.78 is 6.80. The number of anilines is 1. The van der Waals surface area contributed by atoms with E-state index in [0.29, 0.717) is 6.42 Å². The molecule has 1 aromatic rings. The van der Waals surface area contributed by atoms with Crippen LogP contribution in [0.2, 0.25) is 0 Å². The largest absolute Gasteiger partial charge is 0.444 e. The second-order valence-corrected chi connectivity index (χ2v) is 6.91. The van der Waals surface area contributed by atoms with E-state index in [1.807, 2.05) is 0 Å². The lowest BCUT2D eigenvalue weighted by molar-refractivity contribution is 0.0635. The molecule has 1 aliphatic carbocycles. The van der Waals surface area contributed by atoms with Gasteiger partial charge in [0.25, 0.3) is 5.56 Å². The summed E-state index contributed by atoms with van der Waals surface area (Å²) in [6.07, 6.45) is 4.43. The molecular formula is C17H23N3O3. The van der Waals surface area contributed by atoms with E-state index in [-0.39, 0.29) is 23.2 Å². The zero-order valence-electron chi connectivity index (χ0n) is 13.8. The van der Waals surface area contributed by atoms with Crippen molar-refractivity contribution in [3.63, 3.8) is 0 Å². The van der Waals surface area contributed by atoms with Crippen LogP contribution in [0.25, 0.3) is 0 Å². The molecule has 1 unspecified atom stereocenters. The van der Waals surface area contributed by atoms with E-state index in [1.54, 1.807) is 43.7 Å². The number of amides is 1. The Morgan fingerprint density at radius 3 is 2.83 bits per heavy atom. The summed E-state index contributed by atoms with van der Waals surface area (Å²) in [4.78, 5) is 24.4. The second-order valence-electron chi connectivity index (χ2n) is 6.91. The molecule has 1 fully saturated rings. The average molecular weight is 317 g/mol. The van der Waals surface area contributed by atoms with Crippen molar-refractivity contribution in [1.29, 1.82) is 5.26 Å². The van der Waals surface area contributed by atoms with E-state index < -0.39 is 11.7 Å². The van der Waals surface area contributed by atoms with E-state index in [1.165, 1.54) is 0 Å². The number of hydrogen-bond donors (Lipinski definition) is 1. The number of aromatic nitrogens is 1. The van der Waals surface area contributed by atoms with Gasteiger partial charge < -0.3 is 9.30 Å². The first-order valence-electron chi connectivity index (χ1n) is 7.91. The van der Waals surface area contributed by atoms with Crippen LogP contribution in [0.1, 0.15) is 52.5 Å². The highest BCUT2D eigenvalue weighted by molar-refractivity contribution is 5.84. The monoisotopic (exact) mass is 317 g/mol. The molecule has 1 amide bonds. The van der Waals surface area contributed by atoms with Crippen molar-refractivity contribution in [1.82, 2.24) is 4.57 Å². The zero-order valence-corrected chi connectivity index (χ0v) is 13.8. The molecule has 124 valence electrons. The third kappa shape index (κ3) is 4.59. The molecule has 1 saturated carbocycles. The highest BCUT2D eigenvalue weighted by atomic mass is 16.6. The van der Waals surface area contributed by atoms with Crippen LogP contribution in [0.3, 0.4) is 0 Å². The molecule has 6 nitrogen and oxygen atoms in total. The van der Waals surface area contributed by atoms with Crippen molar-refractivity contribution < 1.29 is 9.53 Å². The van der Waals surface area contributed by atoms with Crippen LogP contribution in [0.4, 0.5) is 10.5 Å². The van der Waals surface area contributed by atoms with Gasteiger partial charge in [-0.2, -0.15) is 5.26 Å². The predicted octanol–water partition coefficient (Wildman–Crippen LogP) is 3.45. The Bertz CT molecular complexity index is 667. The number of nitrogens with one attached hydrogen (secondary N) is 1. The predicted molar refractivity (Wildman–Crippen MR) is 87.2 cm³/mol. The summed E-state index contributed by atoms with van der Waals surface area (Å²) in [7, 11) is 0. The van der Waals surface area contributed by atoms with Gasteiger partial charge in [-0.15, -0.1) is 0 Å². The van der Waals surface area contributed by atoms with E-state index >= 15 is 0 Å². The summed E-state index contributed by atoms with van der Waals surface area (Å²) >= 11 is 0. The zero-order chi connectivity index (χ0) is 17.0. The number of rotatable bonds is 2. The van der Waals surface area contributed by atoms with Gasteiger partial charge in [-0.25, -0.2) is 4.79 Å². The molecule has 2 atom stereocenters. The Morgan fingerprint density at radius 1 is 1.43 bits per heavy atom. The summed E-state index contributed by atoms with van der Waals surface area (Å²) in [6.45, 7) is 5.29. The molecule has 1 heterocycles. The third-order valence-corrected chi connectivity index (χ3v) is 3.83. The minimum Gasteiger partial charge on any atom is -0.444 e. The Kier molecular flexibility index (Phi) is 5.09. The van der Waals surface area contributed by atoms with E-state index in [0.717, 1.165) is 19.3 Å². The maximum Gasteiger partial charge on any atom is 0.412 e. The van der Waals surface area contributed by atoms with Crippen molar-refractivity contribution >= 4 is 11.8 Å². The lowest BCUT2D eigenvalue weighted by Crippen LogP contribution is -2.33. The number of ether oxygens (including phenoxy) is 1. The van der Waals surface area contributed by atoms with Gasteiger partial charge in [0, 0.05) is 18.2 Å². The number of hydrogen-bond acceptors (Lipinski definition) is 4. The molecule has 0 spiro atoms. The molecule has 0 saturated heterocycles. The van der Waals surface area contributed by atoms with Crippen LogP contribution in [0, 0.1) is 17.2 Å². The summed E-state index contributed by atoms with van der Waals surface area (Å²) in [5.74, 6) is -0.0110. The van der Waals surface area contributed by atoms with Crippen LogP contribution in [-0.4, -0.2) is 16.3 Å². The highest BCUT2D eigenvalue weighted by Gasteiger charge is 2.24. The van der Waals surface area contributed by atoms with Gasteiger partial charge in [0.1, 0.15) is 11.3 Å². The smallest absolute Gasteiger partial charge is 0.412 e. The maximum absolute atomic E-state index is 12.6. The average Bonchev–Trinajstić information content (AvgIpc) is 2.47. The fraction of sp³-hybridized carbons (Fsp3) is 0.588. The number of carbonyl (C=O) groups is 1. The number of nitrogens with zero attached hydrogens (tertiary/aromatic N) is 2. The van der Waals surface area contributed by atoms with Crippen molar-refractivity contribution in [2.75, 3.05) is 5.32 Å². The molecule has 1 N–H and O–H groups in total. The highest BCUT2D eigenvalue weighted by Crippen LogP contribution is 2.31. The minimum atomic E-state index is -0.647. The molecule has 1 aliphatic rings. The minimum absolute atomic E-state index is 0.00119. The molecule has 0 aromatic carbocycles. The molecule has 1 aromatic heterocycles. The summed E-state index contributed by atoms with van der Waals surface area (Å²) in [6, 6.07) is 5.58. The van der Waals surface area contributed by atoms with Gasteiger partial charge in [-0.05, 0) is 52.2 Å². The molecule has 0 aliphatic heterocycles. The van der Waals surface area contributed by atoms with E-state index in [2.05, 4.69) is 11.4 Å². The third-order valence-electron chi connectivity index (χ3n) is 3.83.